The average molecular weight is 425 g/mol. The average Bonchev–Trinajstić information content (AvgIpc) is 2.95. The van der Waals surface area contributed by atoms with Crippen LogP contribution in [-0.2, 0) is 6.18 Å². The van der Waals surface area contributed by atoms with Gasteiger partial charge in [0.05, 0.1) is 5.56 Å². The maximum Gasteiger partial charge on any atom is 0.446 e. The van der Waals surface area contributed by atoms with E-state index in [0.717, 1.165) is 30.1 Å². The van der Waals surface area contributed by atoms with Crippen molar-refractivity contribution in [2.24, 2.45) is 0 Å². The van der Waals surface area contributed by atoms with Gasteiger partial charge in [0.15, 0.2) is 0 Å². The number of fused-ring (bicyclic) bond motifs is 1. The molecule has 0 aromatic carbocycles. The molecule has 0 radical (unpaired) electrons. The second-order valence-corrected chi connectivity index (χ2v) is 7.51. The van der Waals surface area contributed by atoms with Crippen molar-refractivity contribution in [3.05, 3.63) is 30.1 Å². The zero-order valence-corrected chi connectivity index (χ0v) is 15.0. The van der Waals surface area contributed by atoms with Gasteiger partial charge in [-0.15, -0.1) is 11.8 Å². The molecular formula is C15H9F6N3OS2. The van der Waals surface area contributed by atoms with E-state index < -0.39 is 17.2 Å². The molecule has 0 atom stereocenters. The minimum absolute atomic E-state index is 0.0364. The molecule has 3 heterocycles. The summed E-state index contributed by atoms with van der Waals surface area (Å²) in [6.45, 7) is 1.75. The first kappa shape index (κ1) is 19.8. The summed E-state index contributed by atoms with van der Waals surface area (Å²) in [7, 11) is 0. The van der Waals surface area contributed by atoms with Gasteiger partial charge in [-0.25, -0.2) is 15.0 Å². The molecule has 12 heteroatoms. The highest BCUT2D eigenvalue weighted by atomic mass is 32.2. The van der Waals surface area contributed by atoms with Crippen LogP contribution in [0, 0.1) is 0 Å². The lowest BCUT2D eigenvalue weighted by Crippen LogP contribution is -2.06. The summed E-state index contributed by atoms with van der Waals surface area (Å²) in [6, 6.07) is 2.08. The Bertz CT molecular complexity index is 970. The van der Waals surface area contributed by atoms with E-state index in [1.54, 1.807) is 6.92 Å². The molecule has 0 unspecified atom stereocenters. The number of nitrogens with zero attached hydrogens (tertiary/aromatic N) is 3. The van der Waals surface area contributed by atoms with Gasteiger partial charge >= 0.3 is 11.7 Å². The topological polar surface area (TPSA) is 51.8 Å². The van der Waals surface area contributed by atoms with Crippen LogP contribution in [-0.4, -0.2) is 26.2 Å². The molecule has 3 aromatic heterocycles. The van der Waals surface area contributed by atoms with Crippen LogP contribution in [0.4, 0.5) is 26.3 Å². The zero-order valence-electron chi connectivity index (χ0n) is 13.4. The highest BCUT2D eigenvalue weighted by molar-refractivity contribution is 8.00. The first-order chi connectivity index (χ1) is 12.6. The van der Waals surface area contributed by atoms with E-state index in [-0.39, 0.29) is 44.4 Å². The van der Waals surface area contributed by atoms with E-state index in [0.29, 0.717) is 11.9 Å². The van der Waals surface area contributed by atoms with E-state index in [1.165, 1.54) is 0 Å². The summed E-state index contributed by atoms with van der Waals surface area (Å²) in [5.41, 5.74) is -5.32. The fourth-order valence-electron chi connectivity index (χ4n) is 2.12. The molecule has 3 rings (SSSR count). The Kier molecular flexibility index (Phi) is 5.30. The Labute approximate surface area is 156 Å². The fraction of sp³-hybridized carbons (Fsp3) is 0.267. The fourth-order valence-corrected chi connectivity index (χ4v) is 3.46. The maximum absolute atomic E-state index is 12.9. The van der Waals surface area contributed by atoms with Crippen LogP contribution in [0.5, 0.6) is 0 Å². The molecule has 0 bridgehead atoms. The molecule has 0 N–H and O–H groups in total. The molecule has 27 heavy (non-hydrogen) atoms. The number of hydrogen-bond donors (Lipinski definition) is 0. The highest BCUT2D eigenvalue weighted by Gasteiger charge is 2.32. The molecule has 0 saturated carbocycles. The van der Waals surface area contributed by atoms with Crippen molar-refractivity contribution in [3.8, 4) is 11.6 Å². The molecule has 0 aliphatic carbocycles. The summed E-state index contributed by atoms with van der Waals surface area (Å²) < 4.78 is 81.5. The van der Waals surface area contributed by atoms with Crippen LogP contribution >= 0.6 is 23.5 Å². The maximum atomic E-state index is 12.9. The number of oxazole rings is 1. The second-order valence-electron chi connectivity index (χ2n) is 5.06. The van der Waals surface area contributed by atoms with Gasteiger partial charge in [-0.2, -0.15) is 26.3 Å². The van der Waals surface area contributed by atoms with Crippen LogP contribution < -0.4 is 0 Å². The van der Waals surface area contributed by atoms with Crippen LogP contribution in [0.25, 0.3) is 22.8 Å². The third-order valence-corrected chi connectivity index (χ3v) is 4.74. The quantitative estimate of drug-likeness (QED) is 0.376. The normalized spacial score (nSPS) is 12.7. The van der Waals surface area contributed by atoms with E-state index in [2.05, 4.69) is 15.0 Å². The predicted molar refractivity (Wildman–Crippen MR) is 88.3 cm³/mol. The second kappa shape index (κ2) is 7.23. The molecule has 144 valence electrons. The van der Waals surface area contributed by atoms with Crippen LogP contribution in [0.2, 0.25) is 0 Å². The van der Waals surface area contributed by atoms with E-state index in [1.807, 2.05) is 0 Å². The van der Waals surface area contributed by atoms with Crippen LogP contribution in [0.3, 0.4) is 0 Å². The molecule has 0 spiro atoms. The number of thioether (sulfide) groups is 2. The number of pyridine rings is 2. The number of rotatable bonds is 4. The summed E-state index contributed by atoms with van der Waals surface area (Å²) >= 11 is 0.760. The first-order valence-electron chi connectivity index (χ1n) is 7.29. The Morgan fingerprint density at radius 1 is 1.04 bits per heavy atom. The van der Waals surface area contributed by atoms with Crippen molar-refractivity contribution in [1.82, 2.24) is 15.0 Å². The number of aromatic nitrogens is 3. The summed E-state index contributed by atoms with van der Waals surface area (Å²) in [6.07, 6.45) is -2.92. The molecule has 0 amide bonds. The van der Waals surface area contributed by atoms with E-state index in [4.69, 9.17) is 4.42 Å². The minimum atomic E-state index is -4.55. The lowest BCUT2D eigenvalue weighted by Gasteiger charge is -2.10. The van der Waals surface area contributed by atoms with Gasteiger partial charge in [0.1, 0.15) is 11.2 Å². The largest absolute Gasteiger partial charge is 0.446 e. The van der Waals surface area contributed by atoms with Gasteiger partial charge in [0.2, 0.25) is 11.6 Å². The predicted octanol–water partition coefficient (Wildman–Crippen LogP) is 6.03. The van der Waals surface area contributed by atoms with E-state index >= 15 is 0 Å². The smallest absolute Gasteiger partial charge is 0.416 e. The van der Waals surface area contributed by atoms with Crippen molar-refractivity contribution in [1.29, 1.82) is 0 Å². The number of halogens is 6. The number of alkyl halides is 6. The molecule has 0 aliphatic rings. The van der Waals surface area contributed by atoms with E-state index in [9.17, 15) is 26.3 Å². The van der Waals surface area contributed by atoms with Gasteiger partial charge in [-0.05, 0) is 29.6 Å². The minimum Gasteiger partial charge on any atom is -0.416 e. The highest BCUT2D eigenvalue weighted by Crippen LogP contribution is 2.39. The molecule has 3 aromatic rings. The van der Waals surface area contributed by atoms with Crippen molar-refractivity contribution in [2.45, 2.75) is 28.4 Å². The SMILES string of the molecule is CCSc1cc(C(F)(F)F)cnc1-c1nc2cc(SC(F)(F)F)cnc2o1. The van der Waals surface area contributed by atoms with Crippen molar-refractivity contribution < 1.29 is 30.8 Å². The summed E-state index contributed by atoms with van der Waals surface area (Å²) in [5.74, 6) is 0.359. The Balaban J connectivity index is 2.03. The van der Waals surface area contributed by atoms with Gasteiger partial charge in [0.25, 0.3) is 0 Å². The third-order valence-electron chi connectivity index (χ3n) is 3.14. The van der Waals surface area contributed by atoms with Crippen molar-refractivity contribution in [2.75, 3.05) is 5.75 Å². The van der Waals surface area contributed by atoms with Gasteiger partial charge in [-0.1, -0.05) is 6.92 Å². The van der Waals surface area contributed by atoms with Crippen molar-refractivity contribution in [3.63, 3.8) is 0 Å². The third kappa shape index (κ3) is 4.67. The van der Waals surface area contributed by atoms with Gasteiger partial charge in [0, 0.05) is 22.2 Å². The summed E-state index contributed by atoms with van der Waals surface area (Å²) in [4.78, 5) is 11.6. The number of hydrogen-bond acceptors (Lipinski definition) is 6. The standard InChI is InChI=1S/C15H9F6N3OS2/c1-2-26-10-3-7(14(16,17)18)5-22-11(10)13-24-9-4-8(27-15(19,20)21)6-23-12(9)25-13/h3-6H,2H2,1H3. The van der Waals surface area contributed by atoms with Crippen LogP contribution in [0.1, 0.15) is 12.5 Å². The Morgan fingerprint density at radius 2 is 1.78 bits per heavy atom. The lowest BCUT2D eigenvalue weighted by molar-refractivity contribution is -0.138. The molecule has 4 nitrogen and oxygen atoms in total. The first-order valence-corrected chi connectivity index (χ1v) is 9.10. The monoisotopic (exact) mass is 425 g/mol. The van der Waals surface area contributed by atoms with Gasteiger partial charge < -0.3 is 4.42 Å². The zero-order chi connectivity index (χ0) is 19.8. The summed E-state index contributed by atoms with van der Waals surface area (Å²) in [5, 5.41) is 0. The van der Waals surface area contributed by atoms with Gasteiger partial charge in [-0.3, -0.25) is 0 Å². The molecule has 0 saturated heterocycles. The molecule has 0 fully saturated rings. The van der Waals surface area contributed by atoms with Crippen molar-refractivity contribution >= 4 is 34.8 Å². The Hall–Kier alpha value is -1.95. The lowest BCUT2D eigenvalue weighted by atomic mass is 10.2. The molecule has 0 aliphatic heterocycles. The Morgan fingerprint density at radius 3 is 2.41 bits per heavy atom. The van der Waals surface area contributed by atoms with Crippen LogP contribution in [0.15, 0.2) is 38.7 Å². The molecular weight excluding hydrogens is 416 g/mol.